The van der Waals surface area contributed by atoms with E-state index in [-0.39, 0.29) is 0 Å². The number of H-pyrrole nitrogens is 1. The Morgan fingerprint density at radius 3 is 2.60 bits per heavy atom. The average molecular weight is 203 g/mol. The van der Waals surface area contributed by atoms with E-state index in [0.29, 0.717) is 5.82 Å². The second kappa shape index (κ2) is 3.61. The van der Waals surface area contributed by atoms with Crippen LogP contribution in [0.5, 0.6) is 0 Å². The zero-order valence-corrected chi connectivity index (χ0v) is 8.73. The van der Waals surface area contributed by atoms with Crippen molar-refractivity contribution >= 4 is 11.6 Å². The van der Waals surface area contributed by atoms with E-state index in [1.165, 1.54) is 0 Å². The van der Waals surface area contributed by atoms with E-state index < -0.39 is 0 Å². The van der Waals surface area contributed by atoms with Crippen LogP contribution in [0.25, 0.3) is 11.3 Å². The molecule has 3 N–H and O–H groups in total. The molecule has 78 valence electrons. The standard InChI is InChI=1S/C10H13N5/c1-15(2)10-4-3-7(6-12-10)8-5-9(11)14-13-8/h3-6H,1-2H3,(H3,11,13,14). The Balaban J connectivity index is 2.31. The van der Waals surface area contributed by atoms with Crippen LogP contribution in [0.4, 0.5) is 11.6 Å². The van der Waals surface area contributed by atoms with Crippen LogP contribution in [0.1, 0.15) is 0 Å². The van der Waals surface area contributed by atoms with E-state index in [4.69, 9.17) is 5.73 Å². The molecule has 0 bridgehead atoms. The zero-order chi connectivity index (χ0) is 10.8. The molecule has 0 radical (unpaired) electrons. The summed E-state index contributed by atoms with van der Waals surface area (Å²) < 4.78 is 0. The molecular weight excluding hydrogens is 190 g/mol. The summed E-state index contributed by atoms with van der Waals surface area (Å²) in [6.07, 6.45) is 1.79. The number of nitrogens with two attached hydrogens (primary N) is 1. The summed E-state index contributed by atoms with van der Waals surface area (Å²) >= 11 is 0. The van der Waals surface area contributed by atoms with Gasteiger partial charge in [-0.25, -0.2) is 4.98 Å². The van der Waals surface area contributed by atoms with E-state index >= 15 is 0 Å². The van der Waals surface area contributed by atoms with E-state index in [2.05, 4.69) is 15.2 Å². The molecule has 0 fully saturated rings. The van der Waals surface area contributed by atoms with Crippen LogP contribution in [0.3, 0.4) is 0 Å². The molecule has 0 unspecified atom stereocenters. The van der Waals surface area contributed by atoms with Crippen molar-refractivity contribution < 1.29 is 0 Å². The Labute approximate surface area is 87.9 Å². The molecule has 15 heavy (non-hydrogen) atoms. The van der Waals surface area contributed by atoms with Gasteiger partial charge in [0.1, 0.15) is 11.6 Å². The fourth-order valence-corrected chi connectivity index (χ4v) is 1.30. The van der Waals surface area contributed by atoms with Crippen LogP contribution < -0.4 is 10.6 Å². The van der Waals surface area contributed by atoms with Crippen LogP contribution in [0.15, 0.2) is 24.4 Å². The minimum Gasteiger partial charge on any atom is -0.382 e. The van der Waals surface area contributed by atoms with Crippen molar-refractivity contribution in [2.24, 2.45) is 0 Å². The number of pyridine rings is 1. The van der Waals surface area contributed by atoms with E-state index in [1.54, 1.807) is 12.3 Å². The number of anilines is 2. The summed E-state index contributed by atoms with van der Waals surface area (Å²) in [7, 11) is 3.91. The topological polar surface area (TPSA) is 70.8 Å². The van der Waals surface area contributed by atoms with Crippen LogP contribution >= 0.6 is 0 Å². The van der Waals surface area contributed by atoms with Gasteiger partial charge in [-0.15, -0.1) is 0 Å². The van der Waals surface area contributed by atoms with Gasteiger partial charge in [-0.1, -0.05) is 0 Å². The van der Waals surface area contributed by atoms with Crippen molar-refractivity contribution in [2.45, 2.75) is 0 Å². The monoisotopic (exact) mass is 203 g/mol. The quantitative estimate of drug-likeness (QED) is 0.767. The molecule has 0 saturated heterocycles. The number of hydrogen-bond acceptors (Lipinski definition) is 4. The molecule has 2 aromatic heterocycles. The number of aromatic nitrogens is 3. The largest absolute Gasteiger partial charge is 0.382 e. The summed E-state index contributed by atoms with van der Waals surface area (Å²) in [6, 6.07) is 5.72. The van der Waals surface area contributed by atoms with Gasteiger partial charge in [-0.3, -0.25) is 5.10 Å². The van der Waals surface area contributed by atoms with Crippen molar-refractivity contribution in [3.8, 4) is 11.3 Å². The minimum absolute atomic E-state index is 0.488. The van der Waals surface area contributed by atoms with Crippen LogP contribution in [0.2, 0.25) is 0 Å². The third-order valence-electron chi connectivity index (χ3n) is 2.11. The molecular formula is C10H13N5. The molecule has 0 atom stereocenters. The molecule has 5 heteroatoms. The third-order valence-corrected chi connectivity index (χ3v) is 2.11. The lowest BCUT2D eigenvalue weighted by molar-refractivity contribution is 1.06. The number of nitrogens with one attached hydrogen (secondary N) is 1. The Morgan fingerprint density at radius 1 is 1.33 bits per heavy atom. The Bertz CT molecular complexity index is 443. The number of aromatic amines is 1. The second-order valence-corrected chi connectivity index (χ2v) is 3.51. The second-order valence-electron chi connectivity index (χ2n) is 3.51. The average Bonchev–Trinajstić information content (AvgIpc) is 2.65. The van der Waals surface area contributed by atoms with Crippen LogP contribution in [-0.2, 0) is 0 Å². The highest BCUT2D eigenvalue weighted by Gasteiger charge is 2.02. The molecule has 2 aromatic rings. The molecule has 0 amide bonds. The van der Waals surface area contributed by atoms with Gasteiger partial charge in [0.2, 0.25) is 0 Å². The van der Waals surface area contributed by atoms with Gasteiger partial charge in [-0.2, -0.15) is 5.10 Å². The van der Waals surface area contributed by atoms with E-state index in [9.17, 15) is 0 Å². The number of nitrogens with zero attached hydrogens (tertiary/aromatic N) is 3. The van der Waals surface area contributed by atoms with Gasteiger partial charge in [0.15, 0.2) is 0 Å². The van der Waals surface area contributed by atoms with Gasteiger partial charge in [0.25, 0.3) is 0 Å². The highest BCUT2D eigenvalue weighted by Crippen LogP contribution is 2.19. The zero-order valence-electron chi connectivity index (χ0n) is 8.73. The van der Waals surface area contributed by atoms with Crippen LogP contribution in [-0.4, -0.2) is 29.3 Å². The molecule has 0 aliphatic carbocycles. The summed E-state index contributed by atoms with van der Waals surface area (Å²) in [5.41, 5.74) is 7.38. The fourth-order valence-electron chi connectivity index (χ4n) is 1.30. The van der Waals surface area contributed by atoms with Crippen molar-refractivity contribution in [1.29, 1.82) is 0 Å². The third kappa shape index (κ3) is 1.90. The summed E-state index contributed by atoms with van der Waals surface area (Å²) in [5.74, 6) is 1.41. The van der Waals surface area contributed by atoms with E-state index in [1.807, 2.05) is 31.1 Å². The lowest BCUT2D eigenvalue weighted by Crippen LogP contribution is -2.09. The maximum Gasteiger partial charge on any atom is 0.145 e. The molecule has 0 aromatic carbocycles. The van der Waals surface area contributed by atoms with Gasteiger partial charge >= 0.3 is 0 Å². The smallest absolute Gasteiger partial charge is 0.145 e. The summed E-state index contributed by atoms with van der Waals surface area (Å²) in [6.45, 7) is 0. The predicted octanol–water partition coefficient (Wildman–Crippen LogP) is 1.12. The van der Waals surface area contributed by atoms with Crippen molar-refractivity contribution in [1.82, 2.24) is 15.2 Å². The molecule has 2 heterocycles. The van der Waals surface area contributed by atoms with E-state index in [0.717, 1.165) is 17.1 Å². The number of hydrogen-bond donors (Lipinski definition) is 2. The molecule has 0 aliphatic heterocycles. The Hall–Kier alpha value is -2.04. The lowest BCUT2D eigenvalue weighted by Gasteiger charge is -2.10. The molecule has 0 aliphatic rings. The van der Waals surface area contributed by atoms with Gasteiger partial charge < -0.3 is 10.6 Å². The Kier molecular flexibility index (Phi) is 2.29. The van der Waals surface area contributed by atoms with Gasteiger partial charge in [0.05, 0.1) is 5.69 Å². The lowest BCUT2D eigenvalue weighted by atomic mass is 10.2. The first-order valence-corrected chi connectivity index (χ1v) is 4.61. The molecule has 0 spiro atoms. The molecule has 5 nitrogen and oxygen atoms in total. The first-order chi connectivity index (χ1) is 7.16. The molecule has 0 saturated carbocycles. The van der Waals surface area contributed by atoms with Gasteiger partial charge in [0, 0.05) is 31.9 Å². The minimum atomic E-state index is 0.488. The van der Waals surface area contributed by atoms with Crippen molar-refractivity contribution in [3.05, 3.63) is 24.4 Å². The first kappa shape index (κ1) is 9.51. The highest BCUT2D eigenvalue weighted by atomic mass is 15.2. The van der Waals surface area contributed by atoms with Crippen molar-refractivity contribution in [3.63, 3.8) is 0 Å². The highest BCUT2D eigenvalue weighted by molar-refractivity contribution is 5.62. The van der Waals surface area contributed by atoms with Crippen molar-refractivity contribution in [2.75, 3.05) is 24.7 Å². The van der Waals surface area contributed by atoms with Crippen LogP contribution in [0, 0.1) is 0 Å². The summed E-state index contributed by atoms with van der Waals surface area (Å²) in [4.78, 5) is 6.25. The predicted molar refractivity (Wildman–Crippen MR) is 60.6 cm³/mol. The SMILES string of the molecule is CN(C)c1ccc(-c2cc(N)n[nH]2)cn1. The first-order valence-electron chi connectivity index (χ1n) is 4.61. The Morgan fingerprint density at radius 2 is 2.13 bits per heavy atom. The number of rotatable bonds is 2. The maximum absolute atomic E-state index is 5.52. The maximum atomic E-state index is 5.52. The fraction of sp³-hybridized carbons (Fsp3) is 0.200. The normalized spacial score (nSPS) is 10.3. The van der Waals surface area contributed by atoms with Gasteiger partial charge in [-0.05, 0) is 12.1 Å². The number of nitrogen functional groups attached to an aromatic ring is 1. The molecule has 2 rings (SSSR count). The summed E-state index contributed by atoms with van der Waals surface area (Å²) in [5, 5.41) is 6.71.